The van der Waals surface area contributed by atoms with Crippen LogP contribution in [0, 0.1) is 11.3 Å². The molecular formula is C6H10N4O. The molecule has 0 aliphatic carbocycles. The van der Waals surface area contributed by atoms with E-state index < -0.39 is 0 Å². The molecule has 5 heteroatoms. The number of amidine groups is 1. The lowest BCUT2D eigenvalue weighted by atomic mass is 10.5. The summed E-state index contributed by atoms with van der Waals surface area (Å²) in [5.74, 6) is 0. The number of rotatable bonds is 1. The summed E-state index contributed by atoms with van der Waals surface area (Å²) in [6.07, 6.45) is 0. The van der Waals surface area contributed by atoms with Crippen LogP contribution in [0.2, 0.25) is 0 Å². The van der Waals surface area contributed by atoms with E-state index in [1.807, 2.05) is 6.07 Å². The predicted octanol–water partition coefficient (Wildman–Crippen LogP) is 0.108. The molecule has 1 N–H and O–H groups in total. The summed E-state index contributed by atoms with van der Waals surface area (Å²) in [6.45, 7) is 1.54. The maximum Gasteiger partial charge on any atom is 0.314 e. The zero-order valence-electron chi connectivity index (χ0n) is 6.75. The van der Waals surface area contributed by atoms with E-state index in [1.54, 1.807) is 21.0 Å². The quantitative estimate of drug-likeness (QED) is 0.331. The smallest absolute Gasteiger partial charge is 0.314 e. The molecular weight excluding hydrogens is 144 g/mol. The first-order valence-corrected chi connectivity index (χ1v) is 3.00. The standard InChI is InChI=1S/C6H10N4O/c1-5(4-7)10-11-6(8-2)9-3/h1-3H3,(H,8,9)/b10-5-. The Morgan fingerprint density at radius 3 is 2.64 bits per heavy atom. The van der Waals surface area contributed by atoms with Crippen LogP contribution in [0.4, 0.5) is 0 Å². The minimum atomic E-state index is 0.251. The summed E-state index contributed by atoms with van der Waals surface area (Å²) in [5, 5.41) is 14.4. The van der Waals surface area contributed by atoms with E-state index in [1.165, 1.54) is 0 Å². The van der Waals surface area contributed by atoms with Gasteiger partial charge in [-0.25, -0.2) is 4.99 Å². The van der Waals surface area contributed by atoms with Gasteiger partial charge in [-0.15, -0.1) is 0 Å². The topological polar surface area (TPSA) is 69.8 Å². The SMILES string of the molecule is CN=C(NC)O/N=C(/C)C#N. The van der Waals surface area contributed by atoms with Gasteiger partial charge in [-0.3, -0.25) is 0 Å². The Bertz CT molecular complexity index is 213. The molecule has 0 unspecified atom stereocenters. The highest BCUT2D eigenvalue weighted by molar-refractivity contribution is 5.96. The zero-order valence-corrected chi connectivity index (χ0v) is 6.75. The van der Waals surface area contributed by atoms with Gasteiger partial charge in [0.05, 0.1) is 0 Å². The molecule has 0 radical (unpaired) electrons. The molecule has 0 aliphatic rings. The zero-order chi connectivity index (χ0) is 8.69. The van der Waals surface area contributed by atoms with Gasteiger partial charge in [-0.05, 0) is 6.92 Å². The lowest BCUT2D eigenvalue weighted by molar-refractivity contribution is 0.313. The van der Waals surface area contributed by atoms with E-state index in [0.717, 1.165) is 0 Å². The van der Waals surface area contributed by atoms with Gasteiger partial charge in [0.15, 0.2) is 5.71 Å². The lowest BCUT2D eigenvalue weighted by Crippen LogP contribution is -2.19. The Kier molecular flexibility index (Phi) is 4.49. The summed E-state index contributed by atoms with van der Waals surface area (Å²) in [4.78, 5) is 8.38. The van der Waals surface area contributed by atoms with Gasteiger partial charge >= 0.3 is 6.02 Å². The Hall–Kier alpha value is -1.57. The first-order valence-electron chi connectivity index (χ1n) is 3.00. The average molecular weight is 154 g/mol. The molecule has 0 rings (SSSR count). The molecule has 60 valence electrons. The number of nitriles is 1. The van der Waals surface area contributed by atoms with Gasteiger partial charge < -0.3 is 10.2 Å². The molecule has 0 aromatic heterocycles. The second-order valence-electron chi connectivity index (χ2n) is 1.66. The third-order valence-electron chi connectivity index (χ3n) is 0.848. The molecule has 0 heterocycles. The maximum absolute atomic E-state index is 8.27. The van der Waals surface area contributed by atoms with Gasteiger partial charge in [0.2, 0.25) is 0 Å². The molecule has 0 atom stereocenters. The summed E-state index contributed by atoms with van der Waals surface area (Å²) in [7, 11) is 3.21. The van der Waals surface area contributed by atoms with Crippen LogP contribution in [0.1, 0.15) is 6.92 Å². The van der Waals surface area contributed by atoms with Crippen LogP contribution in [-0.4, -0.2) is 25.8 Å². The van der Waals surface area contributed by atoms with Crippen LogP contribution >= 0.6 is 0 Å². The van der Waals surface area contributed by atoms with Crippen LogP contribution in [0.5, 0.6) is 0 Å². The second kappa shape index (κ2) is 5.23. The maximum atomic E-state index is 8.27. The van der Waals surface area contributed by atoms with Crippen molar-refractivity contribution in [2.24, 2.45) is 10.1 Å². The van der Waals surface area contributed by atoms with Crippen LogP contribution in [0.3, 0.4) is 0 Å². The predicted molar refractivity (Wildman–Crippen MR) is 42.2 cm³/mol. The van der Waals surface area contributed by atoms with Crippen molar-refractivity contribution in [3.63, 3.8) is 0 Å². The van der Waals surface area contributed by atoms with Gasteiger partial charge in [0.1, 0.15) is 6.07 Å². The molecule has 0 saturated heterocycles. The number of hydrogen-bond acceptors (Lipinski definition) is 4. The minimum absolute atomic E-state index is 0.251. The normalized spacial score (nSPS) is 12.2. The van der Waals surface area contributed by atoms with Crippen molar-refractivity contribution in [1.82, 2.24) is 5.32 Å². The molecule has 0 spiro atoms. The third kappa shape index (κ3) is 3.92. The van der Waals surface area contributed by atoms with Crippen molar-refractivity contribution in [3.05, 3.63) is 0 Å². The molecule has 0 aromatic rings. The number of aliphatic imine (C=N–C) groups is 1. The number of nitrogens with zero attached hydrogens (tertiary/aromatic N) is 3. The van der Waals surface area contributed by atoms with Gasteiger partial charge in [0.25, 0.3) is 0 Å². The first kappa shape index (κ1) is 9.43. The first-order chi connectivity index (χ1) is 5.24. The highest BCUT2D eigenvalue weighted by Crippen LogP contribution is 1.80. The Morgan fingerprint density at radius 1 is 1.64 bits per heavy atom. The van der Waals surface area contributed by atoms with Crippen LogP contribution < -0.4 is 5.32 Å². The number of nitrogens with one attached hydrogen (secondary N) is 1. The van der Waals surface area contributed by atoms with Crippen molar-refractivity contribution in [1.29, 1.82) is 5.26 Å². The third-order valence-corrected chi connectivity index (χ3v) is 0.848. The van der Waals surface area contributed by atoms with E-state index in [2.05, 4.69) is 15.5 Å². The minimum Gasteiger partial charge on any atom is -0.341 e. The Balaban J connectivity index is 3.98. The lowest BCUT2D eigenvalue weighted by Gasteiger charge is -1.98. The summed E-state index contributed by atoms with van der Waals surface area (Å²) < 4.78 is 0. The molecule has 0 aliphatic heterocycles. The molecule has 0 saturated carbocycles. The average Bonchev–Trinajstić information content (AvgIpc) is 2.06. The van der Waals surface area contributed by atoms with Crippen molar-refractivity contribution in [3.8, 4) is 6.07 Å². The molecule has 0 amide bonds. The van der Waals surface area contributed by atoms with E-state index in [4.69, 9.17) is 10.1 Å². The van der Waals surface area contributed by atoms with E-state index in [0.29, 0.717) is 0 Å². The molecule has 0 fully saturated rings. The molecule has 0 aromatic carbocycles. The van der Waals surface area contributed by atoms with Crippen molar-refractivity contribution < 1.29 is 4.84 Å². The second-order valence-corrected chi connectivity index (χ2v) is 1.66. The molecule has 11 heavy (non-hydrogen) atoms. The highest BCUT2D eigenvalue weighted by atomic mass is 16.6. The summed E-state index contributed by atoms with van der Waals surface area (Å²) in [5.41, 5.74) is 0.251. The van der Waals surface area contributed by atoms with E-state index in [9.17, 15) is 0 Å². The van der Waals surface area contributed by atoms with Crippen LogP contribution in [0.25, 0.3) is 0 Å². The fourth-order valence-corrected chi connectivity index (χ4v) is 0.330. The van der Waals surface area contributed by atoms with Gasteiger partial charge in [0, 0.05) is 14.1 Å². The summed E-state index contributed by atoms with van der Waals surface area (Å²) >= 11 is 0. The van der Waals surface area contributed by atoms with Crippen LogP contribution in [0.15, 0.2) is 10.1 Å². The Morgan fingerprint density at radius 2 is 2.27 bits per heavy atom. The Labute approximate surface area is 65.4 Å². The largest absolute Gasteiger partial charge is 0.341 e. The monoisotopic (exact) mass is 154 g/mol. The van der Waals surface area contributed by atoms with Crippen LogP contribution in [-0.2, 0) is 4.84 Å². The fraction of sp³-hybridized carbons (Fsp3) is 0.500. The fourth-order valence-electron chi connectivity index (χ4n) is 0.330. The van der Waals surface area contributed by atoms with Gasteiger partial charge in [-0.2, -0.15) is 5.26 Å². The summed E-state index contributed by atoms with van der Waals surface area (Å²) in [6, 6.07) is 2.09. The van der Waals surface area contributed by atoms with Gasteiger partial charge in [-0.1, -0.05) is 5.16 Å². The van der Waals surface area contributed by atoms with E-state index >= 15 is 0 Å². The molecule has 0 bridgehead atoms. The number of oxime groups is 1. The van der Waals surface area contributed by atoms with Crippen molar-refractivity contribution in [2.45, 2.75) is 6.92 Å². The van der Waals surface area contributed by atoms with Crippen molar-refractivity contribution >= 4 is 11.7 Å². The van der Waals surface area contributed by atoms with Crippen molar-refractivity contribution in [2.75, 3.05) is 14.1 Å². The highest BCUT2D eigenvalue weighted by Gasteiger charge is 1.92. The molecule has 5 nitrogen and oxygen atoms in total. The van der Waals surface area contributed by atoms with E-state index in [-0.39, 0.29) is 11.7 Å². The number of hydrogen-bond donors (Lipinski definition) is 1.